The molecule has 3 nitrogen and oxygen atoms in total. The third-order valence-electron chi connectivity index (χ3n) is 2.26. The second-order valence-electron chi connectivity index (χ2n) is 3.63. The van der Waals surface area contributed by atoms with Gasteiger partial charge in [0.05, 0.1) is 0 Å². The third kappa shape index (κ3) is 3.27. The zero-order valence-electron chi connectivity index (χ0n) is 9.70. The fourth-order valence-corrected chi connectivity index (χ4v) is 1.23. The highest BCUT2D eigenvalue weighted by Crippen LogP contribution is 2.12. The predicted molar refractivity (Wildman–Crippen MR) is 66.4 cm³/mol. The van der Waals surface area contributed by atoms with Crippen LogP contribution in [0.25, 0.3) is 0 Å². The first kappa shape index (κ1) is 11.6. The van der Waals surface area contributed by atoms with E-state index in [0.717, 1.165) is 18.7 Å². The summed E-state index contributed by atoms with van der Waals surface area (Å²) < 4.78 is 0. The molecule has 82 valence electrons. The monoisotopic (exact) mass is 205 g/mol. The van der Waals surface area contributed by atoms with Gasteiger partial charge in [-0.05, 0) is 25.5 Å². The Balaban J connectivity index is 2.75. The molecular weight excluding hydrogens is 186 g/mol. The molecule has 2 N–H and O–H groups in total. The largest absolute Gasteiger partial charge is 0.370 e. The van der Waals surface area contributed by atoms with Crippen LogP contribution in [0.3, 0.4) is 0 Å². The topological polar surface area (TPSA) is 41.6 Å². The van der Waals surface area contributed by atoms with Crippen molar-refractivity contribution in [2.24, 2.45) is 10.7 Å². The lowest BCUT2D eigenvalue weighted by molar-refractivity contribution is 0.923. The summed E-state index contributed by atoms with van der Waals surface area (Å²) in [5, 5.41) is 0. The van der Waals surface area contributed by atoms with E-state index in [2.05, 4.69) is 31.0 Å². The summed E-state index contributed by atoms with van der Waals surface area (Å²) in [4.78, 5) is 6.16. The summed E-state index contributed by atoms with van der Waals surface area (Å²) >= 11 is 0. The Kier molecular flexibility index (Phi) is 4.16. The standard InChI is InChI=1S/C12H19N3/c1-4-9-14-12(13)15(3)11-7-5-10(2)6-8-11/h5-8H,4,9H2,1-3H3,(H2,13,14). The Morgan fingerprint density at radius 1 is 1.33 bits per heavy atom. The molecule has 0 amide bonds. The van der Waals surface area contributed by atoms with Gasteiger partial charge in [0.25, 0.3) is 0 Å². The van der Waals surface area contributed by atoms with E-state index in [1.165, 1.54) is 5.56 Å². The Hall–Kier alpha value is -1.51. The normalized spacial score (nSPS) is 11.5. The van der Waals surface area contributed by atoms with Gasteiger partial charge in [0, 0.05) is 19.3 Å². The van der Waals surface area contributed by atoms with Crippen LogP contribution >= 0.6 is 0 Å². The molecule has 3 heteroatoms. The van der Waals surface area contributed by atoms with Crippen LogP contribution in [0.2, 0.25) is 0 Å². The van der Waals surface area contributed by atoms with Crippen molar-refractivity contribution in [1.82, 2.24) is 0 Å². The smallest absolute Gasteiger partial charge is 0.195 e. The van der Waals surface area contributed by atoms with Crippen LogP contribution < -0.4 is 10.6 Å². The number of aliphatic imine (C=N–C) groups is 1. The van der Waals surface area contributed by atoms with E-state index in [-0.39, 0.29) is 0 Å². The van der Waals surface area contributed by atoms with Crippen LogP contribution in [0.1, 0.15) is 18.9 Å². The summed E-state index contributed by atoms with van der Waals surface area (Å²) in [5.41, 5.74) is 8.16. The van der Waals surface area contributed by atoms with E-state index in [1.807, 2.05) is 24.1 Å². The number of nitrogens with two attached hydrogens (primary N) is 1. The molecule has 0 unspecified atom stereocenters. The van der Waals surface area contributed by atoms with Gasteiger partial charge < -0.3 is 10.6 Å². The van der Waals surface area contributed by atoms with Crippen molar-refractivity contribution in [3.8, 4) is 0 Å². The van der Waals surface area contributed by atoms with Gasteiger partial charge in [-0.2, -0.15) is 0 Å². The van der Waals surface area contributed by atoms with Crippen LogP contribution in [0.5, 0.6) is 0 Å². The SMILES string of the molecule is CCCN=C(N)N(C)c1ccc(C)cc1. The first-order valence-electron chi connectivity index (χ1n) is 5.25. The first-order valence-corrected chi connectivity index (χ1v) is 5.25. The number of anilines is 1. The highest BCUT2D eigenvalue weighted by atomic mass is 15.2. The first-order chi connectivity index (χ1) is 7.15. The maximum Gasteiger partial charge on any atom is 0.195 e. The van der Waals surface area contributed by atoms with E-state index in [9.17, 15) is 0 Å². The number of aryl methyl sites for hydroxylation is 1. The lowest BCUT2D eigenvalue weighted by Crippen LogP contribution is -2.34. The molecule has 0 radical (unpaired) electrons. The number of hydrogen-bond acceptors (Lipinski definition) is 1. The van der Waals surface area contributed by atoms with E-state index in [4.69, 9.17) is 5.73 Å². The van der Waals surface area contributed by atoms with Crippen molar-refractivity contribution in [2.75, 3.05) is 18.5 Å². The second kappa shape index (κ2) is 5.39. The minimum Gasteiger partial charge on any atom is -0.370 e. The molecule has 0 spiro atoms. The lowest BCUT2D eigenvalue weighted by atomic mass is 10.2. The molecule has 1 aromatic carbocycles. The number of nitrogens with zero attached hydrogens (tertiary/aromatic N) is 2. The molecule has 0 saturated heterocycles. The highest BCUT2D eigenvalue weighted by molar-refractivity contribution is 5.94. The summed E-state index contributed by atoms with van der Waals surface area (Å²) in [6, 6.07) is 8.23. The molecule has 1 rings (SSSR count). The highest BCUT2D eigenvalue weighted by Gasteiger charge is 2.03. The fraction of sp³-hybridized carbons (Fsp3) is 0.417. The molecule has 0 aliphatic heterocycles. The third-order valence-corrected chi connectivity index (χ3v) is 2.26. The molecule has 0 aliphatic rings. The molecule has 0 bridgehead atoms. The van der Waals surface area contributed by atoms with Crippen molar-refractivity contribution in [3.63, 3.8) is 0 Å². The number of rotatable bonds is 3. The predicted octanol–water partition coefficient (Wildman–Crippen LogP) is 2.16. The molecule has 0 atom stereocenters. The van der Waals surface area contributed by atoms with Crippen molar-refractivity contribution in [1.29, 1.82) is 0 Å². The zero-order chi connectivity index (χ0) is 11.3. The molecular formula is C12H19N3. The second-order valence-corrected chi connectivity index (χ2v) is 3.63. The van der Waals surface area contributed by atoms with Gasteiger partial charge in [-0.3, -0.25) is 4.99 Å². The quantitative estimate of drug-likeness (QED) is 0.607. The van der Waals surface area contributed by atoms with Gasteiger partial charge in [0.15, 0.2) is 5.96 Å². The number of guanidine groups is 1. The van der Waals surface area contributed by atoms with Gasteiger partial charge in [0.1, 0.15) is 0 Å². The van der Waals surface area contributed by atoms with Gasteiger partial charge in [-0.25, -0.2) is 0 Å². The van der Waals surface area contributed by atoms with Crippen LogP contribution in [0.4, 0.5) is 5.69 Å². The molecule has 1 aromatic rings. The Bertz CT molecular complexity index is 327. The zero-order valence-corrected chi connectivity index (χ0v) is 9.70. The van der Waals surface area contributed by atoms with E-state index < -0.39 is 0 Å². The minimum atomic E-state index is 0.570. The van der Waals surface area contributed by atoms with Crippen LogP contribution in [0.15, 0.2) is 29.3 Å². The minimum absolute atomic E-state index is 0.570. The van der Waals surface area contributed by atoms with E-state index in [0.29, 0.717) is 5.96 Å². The lowest BCUT2D eigenvalue weighted by Gasteiger charge is -2.18. The molecule has 0 saturated carbocycles. The number of hydrogen-bond donors (Lipinski definition) is 1. The summed E-state index contributed by atoms with van der Waals surface area (Å²) in [6.45, 7) is 4.93. The average Bonchev–Trinajstić information content (AvgIpc) is 2.26. The molecule has 15 heavy (non-hydrogen) atoms. The maximum atomic E-state index is 5.85. The Morgan fingerprint density at radius 2 is 1.93 bits per heavy atom. The fourth-order valence-electron chi connectivity index (χ4n) is 1.23. The van der Waals surface area contributed by atoms with Crippen molar-refractivity contribution in [2.45, 2.75) is 20.3 Å². The molecule has 0 heterocycles. The summed E-state index contributed by atoms with van der Waals surface area (Å²) in [7, 11) is 1.93. The summed E-state index contributed by atoms with van der Waals surface area (Å²) in [5.74, 6) is 0.570. The van der Waals surface area contributed by atoms with Crippen LogP contribution in [-0.2, 0) is 0 Å². The molecule has 0 fully saturated rings. The van der Waals surface area contributed by atoms with Gasteiger partial charge in [-0.1, -0.05) is 24.6 Å². The Morgan fingerprint density at radius 3 is 2.47 bits per heavy atom. The van der Waals surface area contributed by atoms with E-state index in [1.54, 1.807) is 0 Å². The van der Waals surface area contributed by atoms with Gasteiger partial charge >= 0.3 is 0 Å². The maximum absolute atomic E-state index is 5.85. The Labute approximate surface area is 91.6 Å². The van der Waals surface area contributed by atoms with Crippen molar-refractivity contribution in [3.05, 3.63) is 29.8 Å². The molecule has 0 aromatic heterocycles. The van der Waals surface area contributed by atoms with Gasteiger partial charge in [0.2, 0.25) is 0 Å². The van der Waals surface area contributed by atoms with Gasteiger partial charge in [-0.15, -0.1) is 0 Å². The van der Waals surface area contributed by atoms with E-state index >= 15 is 0 Å². The molecule has 0 aliphatic carbocycles. The van der Waals surface area contributed by atoms with Crippen molar-refractivity contribution >= 4 is 11.6 Å². The number of benzene rings is 1. The summed E-state index contributed by atoms with van der Waals surface area (Å²) in [6.07, 6.45) is 1.02. The van der Waals surface area contributed by atoms with Crippen molar-refractivity contribution < 1.29 is 0 Å². The average molecular weight is 205 g/mol. The van der Waals surface area contributed by atoms with Crippen LogP contribution in [0, 0.1) is 6.92 Å². The van der Waals surface area contributed by atoms with Crippen LogP contribution in [-0.4, -0.2) is 19.6 Å².